The average Bonchev–Trinajstić information content (AvgIpc) is 3.37. The normalized spacial score (nSPS) is 19.9. The number of nitrogens with one attached hydrogen (secondary N) is 1. The van der Waals surface area contributed by atoms with Gasteiger partial charge in [-0.05, 0) is 43.2 Å². The van der Waals surface area contributed by atoms with E-state index in [1.807, 2.05) is 12.1 Å². The lowest BCUT2D eigenvalue weighted by Crippen LogP contribution is -2.34. The molecule has 0 aliphatic carbocycles. The smallest absolute Gasteiger partial charge is 0.331 e. The molecule has 0 saturated carbocycles. The largest absolute Gasteiger partial charge is 0.467 e. The number of carbonyl (C=O) groups excluding carboxylic acids is 3. The first-order chi connectivity index (χ1) is 13.0. The fraction of sp³-hybridized carbons (Fsp3) is 0.316. The lowest BCUT2D eigenvalue weighted by molar-refractivity contribution is -0.116. The van der Waals surface area contributed by atoms with Gasteiger partial charge in [0.15, 0.2) is 0 Å². The lowest BCUT2D eigenvalue weighted by atomic mass is 10.2. The van der Waals surface area contributed by atoms with Crippen LogP contribution in [0.3, 0.4) is 0 Å². The quantitative estimate of drug-likeness (QED) is 0.844. The van der Waals surface area contributed by atoms with E-state index >= 15 is 0 Å². The number of nitrogens with zero attached hydrogens (tertiary/aromatic N) is 3. The van der Waals surface area contributed by atoms with Crippen LogP contribution in [0, 0.1) is 0 Å². The van der Waals surface area contributed by atoms with Crippen LogP contribution in [0.5, 0.6) is 0 Å². The lowest BCUT2D eigenvalue weighted by Gasteiger charge is -2.24. The molecule has 8 nitrogen and oxygen atoms in total. The summed E-state index contributed by atoms with van der Waals surface area (Å²) in [6, 6.07) is 9.73. The van der Waals surface area contributed by atoms with Crippen LogP contribution in [-0.4, -0.2) is 47.9 Å². The Labute approximate surface area is 156 Å². The van der Waals surface area contributed by atoms with Gasteiger partial charge >= 0.3 is 12.1 Å². The maximum Gasteiger partial charge on any atom is 0.331 e. The molecule has 140 valence electrons. The highest BCUT2D eigenvalue weighted by molar-refractivity contribution is 6.19. The topological polar surface area (TPSA) is 86.1 Å². The van der Waals surface area contributed by atoms with Gasteiger partial charge in [-0.25, -0.2) is 14.5 Å². The van der Waals surface area contributed by atoms with Crippen LogP contribution in [0.4, 0.5) is 21.0 Å². The Morgan fingerprint density at radius 3 is 2.78 bits per heavy atom. The van der Waals surface area contributed by atoms with E-state index in [1.54, 1.807) is 42.5 Å². The fourth-order valence-electron chi connectivity index (χ4n) is 3.58. The second kappa shape index (κ2) is 6.79. The van der Waals surface area contributed by atoms with Gasteiger partial charge in [0.05, 0.1) is 18.0 Å². The molecule has 3 heterocycles. The first-order valence-corrected chi connectivity index (χ1v) is 8.84. The summed E-state index contributed by atoms with van der Waals surface area (Å²) in [7, 11) is 1.58. The highest BCUT2D eigenvalue weighted by atomic mass is 16.3. The van der Waals surface area contributed by atoms with Crippen molar-refractivity contribution >= 4 is 29.3 Å². The van der Waals surface area contributed by atoms with Gasteiger partial charge in [-0.3, -0.25) is 4.79 Å². The molecule has 2 aliphatic heterocycles. The van der Waals surface area contributed by atoms with Gasteiger partial charge in [0.25, 0.3) is 5.91 Å². The van der Waals surface area contributed by atoms with Gasteiger partial charge in [-0.15, -0.1) is 0 Å². The van der Waals surface area contributed by atoms with Gasteiger partial charge in [-0.2, -0.15) is 0 Å². The van der Waals surface area contributed by atoms with Crippen LogP contribution in [0.1, 0.15) is 24.6 Å². The monoisotopic (exact) mass is 368 g/mol. The first-order valence-electron chi connectivity index (χ1n) is 8.84. The molecule has 0 spiro atoms. The molecule has 1 atom stereocenters. The number of imide groups is 1. The summed E-state index contributed by atoms with van der Waals surface area (Å²) in [5.74, 6) is 0.483. The summed E-state index contributed by atoms with van der Waals surface area (Å²) in [5.41, 5.74) is 0.967. The minimum Gasteiger partial charge on any atom is -0.467 e. The van der Waals surface area contributed by atoms with Crippen LogP contribution in [0.25, 0.3) is 0 Å². The van der Waals surface area contributed by atoms with Crippen molar-refractivity contribution in [2.45, 2.75) is 18.9 Å². The molecule has 0 bridgehead atoms. The molecule has 27 heavy (non-hydrogen) atoms. The van der Waals surface area contributed by atoms with E-state index in [0.29, 0.717) is 17.9 Å². The summed E-state index contributed by atoms with van der Waals surface area (Å²) in [6.07, 6.45) is 3.36. The SMILES string of the molecule is CN1CC(=O)N(c2cccc(NC(=O)N3CCC[C@@H]3c3ccco3)c2)C1=O. The third kappa shape index (κ3) is 3.14. The third-order valence-corrected chi connectivity index (χ3v) is 4.88. The molecule has 0 unspecified atom stereocenters. The van der Waals surface area contributed by atoms with E-state index < -0.39 is 0 Å². The van der Waals surface area contributed by atoms with Crippen molar-refractivity contribution in [3.63, 3.8) is 0 Å². The summed E-state index contributed by atoms with van der Waals surface area (Å²) >= 11 is 0. The van der Waals surface area contributed by atoms with E-state index in [4.69, 9.17) is 4.42 Å². The second-order valence-corrected chi connectivity index (χ2v) is 6.72. The van der Waals surface area contributed by atoms with Gasteiger partial charge in [0.1, 0.15) is 12.3 Å². The van der Waals surface area contributed by atoms with Gasteiger partial charge < -0.3 is 19.5 Å². The van der Waals surface area contributed by atoms with Crippen LogP contribution in [0.15, 0.2) is 47.1 Å². The molecule has 1 aromatic carbocycles. The third-order valence-electron chi connectivity index (χ3n) is 4.88. The summed E-state index contributed by atoms with van der Waals surface area (Å²) < 4.78 is 5.46. The maximum absolute atomic E-state index is 12.8. The van der Waals surface area contributed by atoms with Crippen LogP contribution >= 0.6 is 0 Å². The zero-order chi connectivity index (χ0) is 19.0. The van der Waals surface area contributed by atoms with E-state index in [2.05, 4.69) is 5.32 Å². The molecule has 5 amide bonds. The minimum absolute atomic E-state index is 0.0496. The summed E-state index contributed by atoms with van der Waals surface area (Å²) in [6.45, 7) is 0.693. The highest BCUT2D eigenvalue weighted by Crippen LogP contribution is 2.33. The van der Waals surface area contributed by atoms with E-state index in [0.717, 1.165) is 23.5 Å². The zero-order valence-electron chi connectivity index (χ0n) is 14.9. The Kier molecular flexibility index (Phi) is 4.31. The Morgan fingerprint density at radius 2 is 2.07 bits per heavy atom. The van der Waals surface area contributed by atoms with E-state index in [1.165, 1.54) is 4.90 Å². The standard InChI is InChI=1S/C19H20N4O4/c1-21-12-17(24)23(19(21)26)14-6-2-5-13(11-14)20-18(25)22-9-3-7-15(22)16-8-4-10-27-16/h2,4-6,8,10-11,15H,3,7,9,12H2,1H3,(H,20,25)/t15-/m1/s1. The van der Waals surface area contributed by atoms with E-state index in [9.17, 15) is 14.4 Å². The minimum atomic E-state index is -0.374. The number of rotatable bonds is 3. The fourth-order valence-corrected chi connectivity index (χ4v) is 3.58. The molecule has 2 aliphatic rings. The maximum atomic E-state index is 12.8. The number of likely N-dealkylation sites (tertiary alicyclic amines) is 1. The number of anilines is 2. The Morgan fingerprint density at radius 1 is 1.22 bits per heavy atom. The van der Waals surface area contributed by atoms with Crippen molar-refractivity contribution in [1.29, 1.82) is 0 Å². The van der Waals surface area contributed by atoms with Crippen molar-refractivity contribution in [3.8, 4) is 0 Å². The van der Waals surface area contributed by atoms with Gasteiger partial charge in [0.2, 0.25) is 0 Å². The molecule has 1 N–H and O–H groups in total. The van der Waals surface area contributed by atoms with Crippen LogP contribution < -0.4 is 10.2 Å². The summed E-state index contributed by atoms with van der Waals surface area (Å²) in [4.78, 5) is 41.2. The zero-order valence-corrected chi connectivity index (χ0v) is 14.9. The molecule has 4 rings (SSSR count). The number of urea groups is 2. The number of furan rings is 1. The van der Waals surface area contributed by atoms with Crippen molar-refractivity contribution in [3.05, 3.63) is 48.4 Å². The predicted molar refractivity (Wildman–Crippen MR) is 98.4 cm³/mol. The Hall–Kier alpha value is -3.29. The molecule has 2 saturated heterocycles. The Bertz CT molecular complexity index is 880. The second-order valence-electron chi connectivity index (χ2n) is 6.72. The van der Waals surface area contributed by atoms with Gasteiger partial charge in [0, 0.05) is 19.3 Å². The average molecular weight is 368 g/mol. The van der Waals surface area contributed by atoms with Crippen molar-refractivity contribution in [2.75, 3.05) is 30.4 Å². The van der Waals surface area contributed by atoms with Crippen molar-refractivity contribution < 1.29 is 18.8 Å². The number of amides is 5. The number of hydrogen-bond donors (Lipinski definition) is 1. The number of hydrogen-bond acceptors (Lipinski definition) is 4. The predicted octanol–water partition coefficient (Wildman–Crippen LogP) is 3.05. The molecule has 8 heteroatoms. The number of benzene rings is 1. The van der Waals surface area contributed by atoms with Crippen LogP contribution in [0.2, 0.25) is 0 Å². The molecule has 1 aromatic heterocycles. The summed E-state index contributed by atoms with van der Waals surface area (Å²) in [5, 5.41) is 2.86. The molecule has 2 aromatic rings. The molecule has 2 fully saturated rings. The molecular weight excluding hydrogens is 348 g/mol. The van der Waals surface area contributed by atoms with Gasteiger partial charge in [-0.1, -0.05) is 6.07 Å². The molecule has 0 radical (unpaired) electrons. The molecular formula is C19H20N4O4. The first kappa shape index (κ1) is 17.1. The van der Waals surface area contributed by atoms with Crippen molar-refractivity contribution in [1.82, 2.24) is 9.80 Å². The number of likely N-dealkylation sites (N-methyl/N-ethyl adjacent to an activating group) is 1. The van der Waals surface area contributed by atoms with E-state index in [-0.39, 0.29) is 30.6 Å². The Balaban J connectivity index is 1.51. The van der Waals surface area contributed by atoms with Crippen LogP contribution in [-0.2, 0) is 4.79 Å². The number of carbonyl (C=O) groups is 3. The highest BCUT2D eigenvalue weighted by Gasteiger charge is 2.35. The van der Waals surface area contributed by atoms with Crippen molar-refractivity contribution in [2.24, 2.45) is 0 Å².